The Kier molecular flexibility index (Phi) is 7.94. The lowest BCUT2D eigenvalue weighted by Gasteiger charge is -2.16. The molecule has 1 atom stereocenters. The molecule has 1 aromatic heterocycles. The van der Waals surface area contributed by atoms with Gasteiger partial charge in [0.25, 0.3) is 0 Å². The van der Waals surface area contributed by atoms with Gasteiger partial charge in [-0.05, 0) is 68.3 Å². The Bertz CT molecular complexity index is 1060. The third kappa shape index (κ3) is 6.13. The summed E-state index contributed by atoms with van der Waals surface area (Å²) in [5.41, 5.74) is 3.01. The minimum Gasteiger partial charge on any atom is -0.497 e. The van der Waals surface area contributed by atoms with Crippen LogP contribution in [0.5, 0.6) is 11.5 Å². The standard InChI is InChI=1S/C24H28N4O3S/c1-6-11-28-23(18(4)31-21-9-7-20(30-5)8-10-21)26-27-24(28)32-15-22(29)25-19-13-16(2)12-17(3)14-19/h6-10,12-14,18H,1,11,15H2,2-5H3,(H,25,29). The zero-order chi connectivity index (χ0) is 23.1. The largest absolute Gasteiger partial charge is 0.497 e. The first kappa shape index (κ1) is 23.4. The zero-order valence-electron chi connectivity index (χ0n) is 18.8. The number of carbonyl (C=O) groups is 1. The molecule has 7 nitrogen and oxygen atoms in total. The van der Waals surface area contributed by atoms with E-state index in [0.717, 1.165) is 22.6 Å². The minimum absolute atomic E-state index is 0.0998. The van der Waals surface area contributed by atoms with Gasteiger partial charge in [0, 0.05) is 12.2 Å². The molecular formula is C24H28N4O3S. The zero-order valence-corrected chi connectivity index (χ0v) is 19.6. The monoisotopic (exact) mass is 452 g/mol. The van der Waals surface area contributed by atoms with Crippen molar-refractivity contribution in [3.8, 4) is 11.5 Å². The molecule has 168 valence electrons. The molecule has 8 heteroatoms. The van der Waals surface area contributed by atoms with Crippen LogP contribution in [0.15, 0.2) is 60.3 Å². The molecule has 1 N–H and O–H groups in total. The van der Waals surface area contributed by atoms with Crippen molar-refractivity contribution in [2.24, 2.45) is 0 Å². The van der Waals surface area contributed by atoms with Crippen LogP contribution < -0.4 is 14.8 Å². The van der Waals surface area contributed by atoms with Crippen molar-refractivity contribution in [2.45, 2.75) is 38.6 Å². The van der Waals surface area contributed by atoms with Crippen molar-refractivity contribution in [1.82, 2.24) is 14.8 Å². The highest BCUT2D eigenvalue weighted by atomic mass is 32.2. The molecule has 0 bridgehead atoms. The number of anilines is 1. The number of nitrogens with one attached hydrogen (secondary N) is 1. The summed E-state index contributed by atoms with van der Waals surface area (Å²) in [6.07, 6.45) is 1.43. The number of rotatable bonds is 10. The number of amides is 1. The Balaban J connectivity index is 1.66. The van der Waals surface area contributed by atoms with Gasteiger partial charge in [0.2, 0.25) is 5.91 Å². The highest BCUT2D eigenvalue weighted by Gasteiger charge is 2.20. The lowest BCUT2D eigenvalue weighted by atomic mass is 10.1. The van der Waals surface area contributed by atoms with Crippen molar-refractivity contribution in [1.29, 1.82) is 0 Å². The normalized spacial score (nSPS) is 11.6. The van der Waals surface area contributed by atoms with Crippen molar-refractivity contribution in [3.05, 3.63) is 72.1 Å². The summed E-state index contributed by atoms with van der Waals surface area (Å²) < 4.78 is 13.1. The first-order valence-electron chi connectivity index (χ1n) is 10.2. The first-order chi connectivity index (χ1) is 15.4. The van der Waals surface area contributed by atoms with Crippen LogP contribution in [0.1, 0.15) is 30.0 Å². The summed E-state index contributed by atoms with van der Waals surface area (Å²) in [6, 6.07) is 13.3. The summed E-state index contributed by atoms with van der Waals surface area (Å²) in [6.45, 7) is 10.3. The van der Waals surface area contributed by atoms with Crippen LogP contribution in [-0.2, 0) is 11.3 Å². The van der Waals surface area contributed by atoms with Crippen LogP contribution in [0, 0.1) is 13.8 Å². The van der Waals surface area contributed by atoms with Gasteiger partial charge in [-0.25, -0.2) is 0 Å². The first-order valence-corrected chi connectivity index (χ1v) is 11.2. The molecule has 1 unspecified atom stereocenters. The molecule has 0 spiro atoms. The highest BCUT2D eigenvalue weighted by Crippen LogP contribution is 2.26. The number of benzene rings is 2. The number of allylic oxidation sites excluding steroid dienone is 1. The molecule has 0 saturated carbocycles. The number of aryl methyl sites for hydroxylation is 2. The van der Waals surface area contributed by atoms with E-state index in [4.69, 9.17) is 9.47 Å². The summed E-state index contributed by atoms with van der Waals surface area (Å²) in [4.78, 5) is 12.5. The maximum Gasteiger partial charge on any atom is 0.234 e. The van der Waals surface area contributed by atoms with Crippen LogP contribution in [-0.4, -0.2) is 33.5 Å². The molecule has 0 fully saturated rings. The molecular weight excluding hydrogens is 424 g/mol. The summed E-state index contributed by atoms with van der Waals surface area (Å²) in [7, 11) is 1.62. The number of ether oxygens (including phenoxy) is 2. The molecule has 3 rings (SSSR count). The number of aromatic nitrogens is 3. The Labute approximate surface area is 192 Å². The van der Waals surface area contributed by atoms with E-state index in [0.29, 0.717) is 23.3 Å². The van der Waals surface area contributed by atoms with E-state index in [2.05, 4.69) is 28.2 Å². The Hall–Kier alpha value is -3.26. The van der Waals surface area contributed by atoms with Gasteiger partial charge in [-0.2, -0.15) is 0 Å². The maximum atomic E-state index is 12.5. The smallest absolute Gasteiger partial charge is 0.234 e. The molecule has 0 aliphatic rings. The van der Waals surface area contributed by atoms with E-state index in [9.17, 15) is 4.79 Å². The van der Waals surface area contributed by atoms with Gasteiger partial charge in [-0.15, -0.1) is 16.8 Å². The van der Waals surface area contributed by atoms with Gasteiger partial charge in [-0.3, -0.25) is 9.36 Å². The van der Waals surface area contributed by atoms with Crippen molar-refractivity contribution in [2.75, 3.05) is 18.2 Å². The molecule has 32 heavy (non-hydrogen) atoms. The van der Waals surface area contributed by atoms with Gasteiger partial charge in [-0.1, -0.05) is 23.9 Å². The fourth-order valence-electron chi connectivity index (χ4n) is 3.29. The van der Waals surface area contributed by atoms with Crippen LogP contribution in [0.2, 0.25) is 0 Å². The second-order valence-corrected chi connectivity index (χ2v) is 8.33. The molecule has 1 amide bonds. The number of hydrogen-bond donors (Lipinski definition) is 1. The van der Waals surface area contributed by atoms with E-state index in [1.165, 1.54) is 11.8 Å². The fourth-order valence-corrected chi connectivity index (χ4v) is 4.05. The van der Waals surface area contributed by atoms with E-state index >= 15 is 0 Å². The third-order valence-electron chi connectivity index (χ3n) is 4.63. The maximum absolute atomic E-state index is 12.5. The number of methoxy groups -OCH3 is 1. The van der Waals surface area contributed by atoms with Crippen molar-refractivity contribution >= 4 is 23.4 Å². The van der Waals surface area contributed by atoms with Gasteiger partial charge < -0.3 is 14.8 Å². The minimum atomic E-state index is -0.339. The Morgan fingerprint density at radius 2 is 1.81 bits per heavy atom. The number of carbonyl (C=O) groups excluding carboxylic acids is 1. The van der Waals surface area contributed by atoms with Gasteiger partial charge in [0.05, 0.1) is 12.9 Å². The predicted molar refractivity (Wildman–Crippen MR) is 128 cm³/mol. The van der Waals surface area contributed by atoms with E-state index < -0.39 is 0 Å². The second-order valence-electron chi connectivity index (χ2n) is 7.39. The van der Waals surface area contributed by atoms with Crippen LogP contribution in [0.4, 0.5) is 5.69 Å². The second kappa shape index (κ2) is 10.9. The molecule has 3 aromatic rings. The van der Waals surface area contributed by atoms with Crippen LogP contribution in [0.25, 0.3) is 0 Å². The summed E-state index contributed by atoms with van der Waals surface area (Å²) in [5.74, 6) is 2.25. The average molecular weight is 453 g/mol. The topological polar surface area (TPSA) is 78.3 Å². The van der Waals surface area contributed by atoms with Gasteiger partial charge in [0.1, 0.15) is 11.5 Å². The van der Waals surface area contributed by atoms with E-state index in [1.807, 2.05) is 61.7 Å². The van der Waals surface area contributed by atoms with Gasteiger partial charge >= 0.3 is 0 Å². The van der Waals surface area contributed by atoms with Crippen LogP contribution >= 0.6 is 11.8 Å². The molecule has 1 heterocycles. The average Bonchev–Trinajstić information content (AvgIpc) is 3.15. The molecule has 0 saturated heterocycles. The van der Waals surface area contributed by atoms with E-state index in [-0.39, 0.29) is 17.8 Å². The Morgan fingerprint density at radius 3 is 2.44 bits per heavy atom. The third-order valence-corrected chi connectivity index (χ3v) is 5.60. The number of nitrogens with zero attached hydrogens (tertiary/aromatic N) is 3. The van der Waals surface area contributed by atoms with Crippen molar-refractivity contribution < 1.29 is 14.3 Å². The number of thioether (sulfide) groups is 1. The quantitative estimate of drug-likeness (QED) is 0.346. The van der Waals surface area contributed by atoms with Gasteiger partial charge in [0.15, 0.2) is 17.1 Å². The summed E-state index contributed by atoms with van der Waals surface area (Å²) >= 11 is 1.33. The predicted octanol–water partition coefficient (Wildman–Crippen LogP) is 4.96. The molecule has 2 aromatic carbocycles. The molecule has 0 aliphatic heterocycles. The molecule has 0 aliphatic carbocycles. The van der Waals surface area contributed by atoms with E-state index in [1.54, 1.807) is 13.2 Å². The Morgan fingerprint density at radius 1 is 1.16 bits per heavy atom. The van der Waals surface area contributed by atoms with Crippen LogP contribution in [0.3, 0.4) is 0 Å². The van der Waals surface area contributed by atoms with Crippen molar-refractivity contribution in [3.63, 3.8) is 0 Å². The fraction of sp³-hybridized carbons (Fsp3) is 0.292. The lowest BCUT2D eigenvalue weighted by Crippen LogP contribution is -2.15. The lowest BCUT2D eigenvalue weighted by molar-refractivity contribution is -0.113. The highest BCUT2D eigenvalue weighted by molar-refractivity contribution is 7.99. The summed E-state index contributed by atoms with van der Waals surface area (Å²) in [5, 5.41) is 12.2. The molecule has 0 radical (unpaired) electrons. The number of hydrogen-bond acceptors (Lipinski definition) is 6. The SMILES string of the molecule is C=CCn1c(SCC(=O)Nc2cc(C)cc(C)c2)nnc1C(C)Oc1ccc(OC)cc1.